The molecule has 1 aromatic heterocycles. The Bertz CT molecular complexity index is 389. The van der Waals surface area contributed by atoms with E-state index in [9.17, 15) is 4.79 Å². The number of carbonyl (C=O) groups excluding carboxylic acids is 1. The van der Waals surface area contributed by atoms with Crippen molar-refractivity contribution < 1.29 is 9.53 Å². The lowest BCUT2D eigenvalue weighted by Crippen LogP contribution is -2.35. The zero-order valence-corrected chi connectivity index (χ0v) is 9.69. The number of amides is 1. The second-order valence-electron chi connectivity index (χ2n) is 4.17. The fourth-order valence-corrected chi connectivity index (χ4v) is 1.84. The Labute approximate surface area is 100 Å². The first kappa shape index (κ1) is 11.9. The maximum absolute atomic E-state index is 11.8. The second-order valence-corrected chi connectivity index (χ2v) is 4.17. The predicted molar refractivity (Wildman–Crippen MR) is 64.6 cm³/mol. The Balaban J connectivity index is 1.84. The number of ether oxygens (including phenoxy) is 1. The number of anilines is 1. The summed E-state index contributed by atoms with van der Waals surface area (Å²) in [6.45, 7) is 1.33. The summed E-state index contributed by atoms with van der Waals surface area (Å²) < 4.78 is 5.53. The number of aromatic nitrogens is 1. The van der Waals surface area contributed by atoms with Crippen LogP contribution in [0.1, 0.15) is 29.8 Å². The summed E-state index contributed by atoms with van der Waals surface area (Å²) in [7, 11) is 0. The summed E-state index contributed by atoms with van der Waals surface area (Å²) in [6.07, 6.45) is 4.94. The molecule has 1 aromatic rings. The van der Waals surface area contributed by atoms with Gasteiger partial charge in [0, 0.05) is 25.0 Å². The first-order chi connectivity index (χ1) is 8.25. The van der Waals surface area contributed by atoms with Crippen LogP contribution in [0.5, 0.6) is 0 Å². The summed E-state index contributed by atoms with van der Waals surface area (Å²) in [5, 5.41) is 2.81. The molecule has 1 atom stereocenters. The molecule has 0 spiro atoms. The van der Waals surface area contributed by atoms with Gasteiger partial charge in [-0.25, -0.2) is 0 Å². The van der Waals surface area contributed by atoms with Crippen LogP contribution in [0.4, 0.5) is 5.69 Å². The number of rotatable bonds is 3. The van der Waals surface area contributed by atoms with E-state index in [0.717, 1.165) is 25.9 Å². The van der Waals surface area contributed by atoms with Gasteiger partial charge in [-0.2, -0.15) is 0 Å². The van der Waals surface area contributed by atoms with Crippen LogP contribution < -0.4 is 11.1 Å². The number of hydrogen-bond acceptors (Lipinski definition) is 4. The lowest BCUT2D eigenvalue weighted by molar-refractivity contribution is 0.0168. The fourth-order valence-electron chi connectivity index (χ4n) is 1.84. The Morgan fingerprint density at radius 2 is 2.47 bits per heavy atom. The summed E-state index contributed by atoms with van der Waals surface area (Å²) in [5.41, 5.74) is 6.48. The standard InChI is InChI=1S/C12H17N3O2/c13-9-4-5-14-11(7-9)12(16)15-8-10-3-1-2-6-17-10/h4-5,7,10H,1-3,6,8H2,(H2,13,14)(H,15,16). The zero-order chi connectivity index (χ0) is 12.1. The molecule has 92 valence electrons. The van der Waals surface area contributed by atoms with E-state index in [1.165, 1.54) is 6.20 Å². The van der Waals surface area contributed by atoms with E-state index in [4.69, 9.17) is 10.5 Å². The van der Waals surface area contributed by atoms with E-state index < -0.39 is 0 Å². The van der Waals surface area contributed by atoms with Crippen molar-refractivity contribution in [3.63, 3.8) is 0 Å². The molecular weight excluding hydrogens is 218 g/mol. The van der Waals surface area contributed by atoms with E-state index in [-0.39, 0.29) is 12.0 Å². The number of pyridine rings is 1. The van der Waals surface area contributed by atoms with E-state index in [2.05, 4.69) is 10.3 Å². The Morgan fingerprint density at radius 1 is 1.59 bits per heavy atom. The molecule has 1 aliphatic rings. The average Bonchev–Trinajstić information content (AvgIpc) is 2.37. The third-order valence-electron chi connectivity index (χ3n) is 2.78. The number of nitrogens with one attached hydrogen (secondary N) is 1. The molecule has 2 rings (SSSR count). The van der Waals surface area contributed by atoms with Crippen LogP contribution in [-0.4, -0.2) is 30.1 Å². The summed E-state index contributed by atoms with van der Waals surface area (Å²) in [6, 6.07) is 3.22. The lowest BCUT2D eigenvalue weighted by Gasteiger charge is -2.22. The van der Waals surface area contributed by atoms with Gasteiger partial charge < -0.3 is 15.8 Å². The molecule has 5 nitrogen and oxygen atoms in total. The van der Waals surface area contributed by atoms with E-state index in [0.29, 0.717) is 17.9 Å². The van der Waals surface area contributed by atoms with Crippen LogP contribution in [0.3, 0.4) is 0 Å². The maximum atomic E-state index is 11.8. The van der Waals surface area contributed by atoms with Crippen molar-refractivity contribution >= 4 is 11.6 Å². The molecule has 2 heterocycles. The van der Waals surface area contributed by atoms with Crippen molar-refractivity contribution in [3.8, 4) is 0 Å². The molecule has 1 unspecified atom stereocenters. The Hall–Kier alpha value is -1.62. The van der Waals surface area contributed by atoms with Crippen molar-refractivity contribution in [1.29, 1.82) is 0 Å². The smallest absolute Gasteiger partial charge is 0.270 e. The van der Waals surface area contributed by atoms with Gasteiger partial charge in [-0.15, -0.1) is 0 Å². The minimum atomic E-state index is -0.202. The van der Waals surface area contributed by atoms with Crippen LogP contribution in [0.25, 0.3) is 0 Å². The first-order valence-electron chi connectivity index (χ1n) is 5.87. The summed E-state index contributed by atoms with van der Waals surface area (Å²) in [4.78, 5) is 15.7. The molecule has 0 aliphatic carbocycles. The number of nitrogens with zero attached hydrogens (tertiary/aromatic N) is 1. The minimum Gasteiger partial charge on any atom is -0.399 e. The van der Waals surface area contributed by atoms with Gasteiger partial charge in [-0.1, -0.05) is 0 Å². The van der Waals surface area contributed by atoms with Gasteiger partial charge in [-0.05, 0) is 31.4 Å². The molecule has 1 aliphatic heterocycles. The molecule has 1 saturated heterocycles. The highest BCUT2D eigenvalue weighted by Gasteiger charge is 2.15. The van der Waals surface area contributed by atoms with Gasteiger partial charge >= 0.3 is 0 Å². The van der Waals surface area contributed by atoms with Gasteiger partial charge in [0.2, 0.25) is 0 Å². The van der Waals surface area contributed by atoms with Crippen LogP contribution >= 0.6 is 0 Å². The molecule has 3 N–H and O–H groups in total. The molecule has 0 saturated carbocycles. The van der Waals surface area contributed by atoms with E-state index >= 15 is 0 Å². The van der Waals surface area contributed by atoms with Gasteiger partial charge in [0.25, 0.3) is 5.91 Å². The molecule has 1 amide bonds. The summed E-state index contributed by atoms with van der Waals surface area (Å²) >= 11 is 0. The van der Waals surface area contributed by atoms with Crippen LogP contribution in [0.15, 0.2) is 18.3 Å². The Kier molecular flexibility index (Phi) is 3.93. The largest absolute Gasteiger partial charge is 0.399 e. The molecule has 1 fully saturated rings. The molecular formula is C12H17N3O2. The van der Waals surface area contributed by atoms with Crippen molar-refractivity contribution in [1.82, 2.24) is 10.3 Å². The molecule has 0 bridgehead atoms. The number of nitrogen functional groups attached to an aromatic ring is 1. The maximum Gasteiger partial charge on any atom is 0.270 e. The predicted octanol–water partition coefficient (Wildman–Crippen LogP) is 0.963. The average molecular weight is 235 g/mol. The quantitative estimate of drug-likeness (QED) is 0.818. The first-order valence-corrected chi connectivity index (χ1v) is 5.87. The van der Waals surface area contributed by atoms with Crippen molar-refractivity contribution in [2.45, 2.75) is 25.4 Å². The van der Waals surface area contributed by atoms with E-state index in [1.54, 1.807) is 12.1 Å². The van der Waals surface area contributed by atoms with Crippen molar-refractivity contribution in [2.24, 2.45) is 0 Å². The van der Waals surface area contributed by atoms with E-state index in [1.807, 2.05) is 0 Å². The third kappa shape index (κ3) is 3.42. The van der Waals surface area contributed by atoms with Crippen LogP contribution in [0.2, 0.25) is 0 Å². The molecule has 17 heavy (non-hydrogen) atoms. The van der Waals surface area contributed by atoms with Crippen LogP contribution in [-0.2, 0) is 4.74 Å². The van der Waals surface area contributed by atoms with Crippen molar-refractivity contribution in [2.75, 3.05) is 18.9 Å². The zero-order valence-electron chi connectivity index (χ0n) is 9.69. The van der Waals surface area contributed by atoms with Gasteiger partial charge in [0.05, 0.1) is 6.10 Å². The highest BCUT2D eigenvalue weighted by atomic mass is 16.5. The lowest BCUT2D eigenvalue weighted by atomic mass is 10.1. The molecule has 0 radical (unpaired) electrons. The third-order valence-corrected chi connectivity index (χ3v) is 2.78. The topological polar surface area (TPSA) is 77.2 Å². The second kappa shape index (κ2) is 5.63. The number of carbonyl (C=O) groups is 1. The van der Waals surface area contributed by atoms with Crippen LogP contribution in [0, 0.1) is 0 Å². The summed E-state index contributed by atoms with van der Waals surface area (Å²) in [5.74, 6) is -0.202. The highest BCUT2D eigenvalue weighted by Crippen LogP contribution is 2.11. The van der Waals surface area contributed by atoms with Gasteiger partial charge in [-0.3, -0.25) is 9.78 Å². The minimum absolute atomic E-state index is 0.133. The van der Waals surface area contributed by atoms with Gasteiger partial charge in [0.15, 0.2) is 0 Å². The fraction of sp³-hybridized carbons (Fsp3) is 0.500. The molecule has 5 heteroatoms. The highest BCUT2D eigenvalue weighted by molar-refractivity contribution is 5.92. The number of hydrogen-bond donors (Lipinski definition) is 2. The normalized spacial score (nSPS) is 19.9. The SMILES string of the molecule is Nc1ccnc(C(=O)NCC2CCCCO2)c1. The van der Waals surface area contributed by atoms with Gasteiger partial charge in [0.1, 0.15) is 5.69 Å². The molecule has 0 aromatic carbocycles. The monoisotopic (exact) mass is 235 g/mol. The van der Waals surface area contributed by atoms with Crippen molar-refractivity contribution in [3.05, 3.63) is 24.0 Å². The Morgan fingerprint density at radius 3 is 3.18 bits per heavy atom. The number of nitrogens with two attached hydrogens (primary N) is 1.